The van der Waals surface area contributed by atoms with Crippen molar-refractivity contribution in [2.45, 2.75) is 24.1 Å². The van der Waals surface area contributed by atoms with Crippen LogP contribution in [0, 0.1) is 23.7 Å². The molecule has 0 aromatic rings. The summed E-state index contributed by atoms with van der Waals surface area (Å²) in [6.07, 6.45) is -2.73. The normalized spacial score (nSPS) is 9.83. The molecule has 0 aromatic carbocycles. The second-order valence-electron chi connectivity index (χ2n) is 1.88. The lowest BCUT2D eigenvalue weighted by atomic mass is 10.3. The van der Waals surface area contributed by atoms with E-state index in [1.54, 1.807) is 12.8 Å². The Morgan fingerprint density at radius 3 is 2.42 bits per heavy atom. The molecule has 0 amide bonds. The minimum absolute atomic E-state index is 0.0821. The lowest BCUT2D eigenvalue weighted by Crippen LogP contribution is -2.07. The molecule has 0 fully saturated rings. The fourth-order valence-corrected chi connectivity index (χ4v) is 0.789. The van der Waals surface area contributed by atoms with E-state index in [-0.39, 0.29) is 6.42 Å². The van der Waals surface area contributed by atoms with Crippen LogP contribution in [0.25, 0.3) is 0 Å². The molecule has 0 nitrogen and oxygen atoms in total. The van der Waals surface area contributed by atoms with Crippen LogP contribution in [0.15, 0.2) is 0 Å². The highest BCUT2D eigenvalue weighted by Gasteiger charge is 2.18. The molecule has 0 radical (unpaired) electrons. The number of hydrogen-bond acceptors (Lipinski definition) is 0. The van der Waals surface area contributed by atoms with Gasteiger partial charge in [0.25, 0.3) is 6.43 Å². The lowest BCUT2D eigenvalue weighted by molar-refractivity contribution is 0.215. The van der Waals surface area contributed by atoms with Crippen LogP contribution < -0.4 is 0 Å². The molecule has 0 aliphatic carbocycles. The van der Waals surface area contributed by atoms with Crippen LogP contribution in [0.4, 0.5) is 8.78 Å². The second kappa shape index (κ2) is 5.25. The standard InChI is InChI=1S/C8H6Cl2F2/c1-2-5-8(9,10)6-3-4-7(11)12/h7H,6H2,1H3. The Bertz CT molecular complexity index is 250. The van der Waals surface area contributed by atoms with E-state index < -0.39 is 10.8 Å². The maximum atomic E-state index is 11.5. The van der Waals surface area contributed by atoms with Crippen LogP contribution in [-0.2, 0) is 0 Å². The Labute approximate surface area is 80.2 Å². The van der Waals surface area contributed by atoms with Crippen molar-refractivity contribution in [2.24, 2.45) is 0 Å². The highest BCUT2D eigenvalue weighted by Crippen LogP contribution is 2.23. The Morgan fingerprint density at radius 2 is 2.00 bits per heavy atom. The minimum Gasteiger partial charge on any atom is -0.196 e. The van der Waals surface area contributed by atoms with Crippen molar-refractivity contribution in [1.29, 1.82) is 0 Å². The molecule has 0 aromatic heterocycles. The molecule has 0 bridgehead atoms. The molecule has 12 heavy (non-hydrogen) atoms. The zero-order valence-corrected chi connectivity index (χ0v) is 7.81. The van der Waals surface area contributed by atoms with Gasteiger partial charge in [-0.3, -0.25) is 0 Å². The second-order valence-corrected chi connectivity index (χ2v) is 3.36. The topological polar surface area (TPSA) is 0 Å². The summed E-state index contributed by atoms with van der Waals surface area (Å²) >= 11 is 11.1. The first-order valence-corrected chi connectivity index (χ1v) is 3.82. The first-order chi connectivity index (χ1) is 5.48. The van der Waals surface area contributed by atoms with Gasteiger partial charge >= 0.3 is 0 Å². The van der Waals surface area contributed by atoms with Gasteiger partial charge in [-0.1, -0.05) is 35.0 Å². The summed E-state index contributed by atoms with van der Waals surface area (Å²) in [5.41, 5.74) is 0. The van der Waals surface area contributed by atoms with E-state index >= 15 is 0 Å². The molecule has 0 aliphatic rings. The first kappa shape index (κ1) is 11.6. The molecule has 0 saturated carbocycles. The summed E-state index contributed by atoms with van der Waals surface area (Å²) in [4.78, 5) is 0. The Hall–Kier alpha value is -0.440. The van der Waals surface area contributed by atoms with E-state index in [1.165, 1.54) is 0 Å². The monoisotopic (exact) mass is 210 g/mol. The highest BCUT2D eigenvalue weighted by molar-refractivity contribution is 6.50. The van der Waals surface area contributed by atoms with Gasteiger partial charge < -0.3 is 0 Å². The quantitative estimate of drug-likeness (QED) is 0.462. The first-order valence-electron chi connectivity index (χ1n) is 3.06. The number of hydrogen-bond donors (Lipinski definition) is 0. The fraction of sp³-hybridized carbons (Fsp3) is 0.500. The van der Waals surface area contributed by atoms with Gasteiger partial charge in [0.2, 0.25) is 0 Å². The van der Waals surface area contributed by atoms with Crippen LogP contribution in [-0.4, -0.2) is 10.8 Å². The summed E-state index contributed by atoms with van der Waals surface area (Å²) in [6.45, 7) is 1.56. The fourth-order valence-electron chi connectivity index (χ4n) is 0.466. The molecule has 0 atom stereocenters. The molecule has 0 aliphatic heterocycles. The maximum Gasteiger partial charge on any atom is 0.298 e. The van der Waals surface area contributed by atoms with E-state index in [2.05, 4.69) is 17.8 Å². The molecule has 4 heteroatoms. The molecule has 0 rings (SSSR count). The van der Waals surface area contributed by atoms with Crippen molar-refractivity contribution in [1.82, 2.24) is 0 Å². The van der Waals surface area contributed by atoms with E-state index in [4.69, 9.17) is 23.2 Å². The van der Waals surface area contributed by atoms with Crippen LogP contribution in [0.2, 0.25) is 0 Å². The molecule has 0 unspecified atom stereocenters. The van der Waals surface area contributed by atoms with Crippen molar-refractivity contribution in [3.63, 3.8) is 0 Å². The molecule has 0 heterocycles. The number of rotatable bonds is 1. The highest BCUT2D eigenvalue weighted by atomic mass is 35.5. The number of alkyl halides is 4. The van der Waals surface area contributed by atoms with Crippen molar-refractivity contribution in [3.8, 4) is 23.7 Å². The molecule has 0 spiro atoms. The van der Waals surface area contributed by atoms with Crippen LogP contribution in [0.3, 0.4) is 0 Å². The van der Waals surface area contributed by atoms with Crippen molar-refractivity contribution < 1.29 is 8.78 Å². The molecule has 0 N–H and O–H groups in total. The smallest absolute Gasteiger partial charge is 0.196 e. The van der Waals surface area contributed by atoms with Crippen LogP contribution in [0.1, 0.15) is 13.3 Å². The van der Waals surface area contributed by atoms with E-state index in [0.717, 1.165) is 0 Å². The van der Waals surface area contributed by atoms with E-state index in [0.29, 0.717) is 0 Å². The van der Waals surface area contributed by atoms with Crippen molar-refractivity contribution >= 4 is 23.2 Å². The molecule has 0 saturated heterocycles. The van der Waals surface area contributed by atoms with Gasteiger partial charge in [-0.15, -0.1) is 5.92 Å². The van der Waals surface area contributed by atoms with Gasteiger partial charge in [0.05, 0.1) is 6.42 Å². The summed E-state index contributed by atoms with van der Waals surface area (Å²) < 4.78 is 21.7. The van der Waals surface area contributed by atoms with Crippen LogP contribution >= 0.6 is 23.2 Å². The largest absolute Gasteiger partial charge is 0.298 e. The minimum atomic E-state index is -2.65. The van der Waals surface area contributed by atoms with E-state index in [1.807, 2.05) is 0 Å². The van der Waals surface area contributed by atoms with Gasteiger partial charge in [-0.25, -0.2) is 0 Å². The zero-order valence-electron chi connectivity index (χ0n) is 6.30. The average Bonchev–Trinajstić information content (AvgIpc) is 1.85. The Morgan fingerprint density at radius 1 is 1.42 bits per heavy atom. The molecule has 66 valence electrons. The van der Waals surface area contributed by atoms with Gasteiger partial charge in [-0.2, -0.15) is 8.78 Å². The third-order valence-electron chi connectivity index (χ3n) is 0.829. The molecular weight excluding hydrogens is 205 g/mol. The predicted molar refractivity (Wildman–Crippen MR) is 46.3 cm³/mol. The van der Waals surface area contributed by atoms with Gasteiger partial charge in [0.15, 0.2) is 4.33 Å². The summed E-state index contributed by atoms with van der Waals surface area (Å²) in [7, 11) is 0. The Balaban J connectivity index is 4.08. The van der Waals surface area contributed by atoms with Crippen molar-refractivity contribution in [2.75, 3.05) is 0 Å². The average molecular weight is 211 g/mol. The summed E-state index contributed by atoms with van der Waals surface area (Å²) in [5.74, 6) is 8.69. The SMILES string of the molecule is CC#CC(Cl)(Cl)CC#CC(F)F. The third kappa shape index (κ3) is 6.28. The van der Waals surface area contributed by atoms with E-state index in [9.17, 15) is 8.78 Å². The van der Waals surface area contributed by atoms with Crippen molar-refractivity contribution in [3.05, 3.63) is 0 Å². The van der Waals surface area contributed by atoms with Gasteiger partial charge in [-0.05, 0) is 12.8 Å². The maximum absolute atomic E-state index is 11.5. The van der Waals surface area contributed by atoms with Gasteiger partial charge in [0, 0.05) is 0 Å². The Kier molecular flexibility index (Phi) is 5.06. The summed E-state index contributed by atoms with van der Waals surface area (Å²) in [6, 6.07) is 0. The third-order valence-corrected chi connectivity index (χ3v) is 1.29. The summed E-state index contributed by atoms with van der Waals surface area (Å²) in [5, 5.41) is 0. The lowest BCUT2D eigenvalue weighted by Gasteiger charge is -2.05. The molecular formula is C8H6Cl2F2. The zero-order chi connectivity index (χ0) is 9.61. The van der Waals surface area contributed by atoms with Crippen LogP contribution in [0.5, 0.6) is 0 Å². The predicted octanol–water partition coefficient (Wildman–Crippen LogP) is 2.84. The number of halogens is 4. The van der Waals surface area contributed by atoms with Gasteiger partial charge in [0.1, 0.15) is 0 Å².